The van der Waals surface area contributed by atoms with Gasteiger partial charge in [0, 0.05) is 0 Å². The van der Waals surface area contributed by atoms with Crippen LogP contribution in [0.1, 0.15) is 27.4 Å². The number of methoxy groups -OCH3 is 2. The minimum Gasteiger partial charge on any atom is -0.497 e. The first-order valence-corrected chi connectivity index (χ1v) is 8.09. The molecule has 1 saturated heterocycles. The summed E-state index contributed by atoms with van der Waals surface area (Å²) in [4.78, 5) is 37.2. The molecule has 1 aromatic heterocycles. The number of imide groups is 1. The maximum absolute atomic E-state index is 12.6. The lowest BCUT2D eigenvalue weighted by molar-refractivity contribution is -0.123. The van der Waals surface area contributed by atoms with Crippen LogP contribution in [0.2, 0.25) is 0 Å². The first kappa shape index (κ1) is 18.2. The summed E-state index contributed by atoms with van der Waals surface area (Å²) in [6.07, 6.45) is 1.61. The van der Waals surface area contributed by atoms with Crippen LogP contribution < -0.4 is 10.1 Å². The molecule has 2 heterocycles. The van der Waals surface area contributed by atoms with Crippen LogP contribution in [0.3, 0.4) is 0 Å². The number of carbonyl (C=O) groups excluding carboxylic acids is 3. The molecule has 1 fully saturated rings. The van der Waals surface area contributed by atoms with E-state index in [1.165, 1.54) is 19.2 Å². The molecule has 3 amide bonds. The Kier molecular flexibility index (Phi) is 4.98. The number of rotatable bonds is 5. The highest BCUT2D eigenvalue weighted by Crippen LogP contribution is 2.22. The van der Waals surface area contributed by atoms with Crippen molar-refractivity contribution in [3.05, 3.63) is 58.7 Å². The van der Waals surface area contributed by atoms with E-state index in [1.54, 1.807) is 25.3 Å². The zero-order chi connectivity index (χ0) is 19.6. The lowest BCUT2D eigenvalue weighted by atomic mass is 10.1. The van der Waals surface area contributed by atoms with E-state index in [2.05, 4.69) is 10.1 Å². The first-order valence-electron chi connectivity index (χ1n) is 8.09. The van der Waals surface area contributed by atoms with Crippen LogP contribution >= 0.6 is 0 Å². The molecule has 0 atom stereocenters. The minimum absolute atomic E-state index is 0.00387. The largest absolute Gasteiger partial charge is 0.497 e. The summed E-state index contributed by atoms with van der Waals surface area (Å²) in [6, 6.07) is 7.80. The molecule has 0 spiro atoms. The topological polar surface area (TPSA) is 98.1 Å². The lowest BCUT2D eigenvalue weighted by Crippen LogP contribution is -2.30. The van der Waals surface area contributed by atoms with Gasteiger partial charge < -0.3 is 19.2 Å². The molecule has 1 aliphatic heterocycles. The van der Waals surface area contributed by atoms with E-state index in [4.69, 9.17) is 9.15 Å². The average molecular weight is 370 g/mol. The molecule has 2 aromatic rings. The third kappa shape index (κ3) is 3.69. The van der Waals surface area contributed by atoms with Crippen molar-refractivity contribution in [3.8, 4) is 5.75 Å². The fourth-order valence-corrected chi connectivity index (χ4v) is 2.64. The van der Waals surface area contributed by atoms with Crippen molar-refractivity contribution in [2.24, 2.45) is 0 Å². The summed E-state index contributed by atoms with van der Waals surface area (Å²) in [5.41, 5.74) is 1.84. The molecule has 0 aliphatic carbocycles. The summed E-state index contributed by atoms with van der Waals surface area (Å²) >= 11 is 0. The minimum atomic E-state index is -0.631. The van der Waals surface area contributed by atoms with E-state index < -0.39 is 17.9 Å². The predicted octanol–water partition coefficient (Wildman–Crippen LogP) is 2.48. The molecule has 8 heteroatoms. The number of nitrogens with one attached hydrogen (secondary N) is 1. The van der Waals surface area contributed by atoms with Gasteiger partial charge in [0.2, 0.25) is 5.76 Å². The van der Waals surface area contributed by atoms with E-state index in [9.17, 15) is 14.4 Å². The Morgan fingerprint density at radius 2 is 2.00 bits per heavy atom. The zero-order valence-corrected chi connectivity index (χ0v) is 15.1. The zero-order valence-electron chi connectivity index (χ0n) is 15.1. The van der Waals surface area contributed by atoms with E-state index in [0.717, 1.165) is 16.0 Å². The number of amides is 3. The molecule has 0 radical (unpaired) electrons. The molecule has 1 aliphatic rings. The lowest BCUT2D eigenvalue weighted by Gasteiger charge is -2.09. The molecule has 3 rings (SSSR count). The Labute approximate surface area is 155 Å². The Morgan fingerprint density at radius 3 is 2.67 bits per heavy atom. The third-order valence-corrected chi connectivity index (χ3v) is 4.10. The summed E-state index contributed by atoms with van der Waals surface area (Å²) in [5, 5.41) is 2.55. The number of carbonyl (C=O) groups is 3. The third-order valence-electron chi connectivity index (χ3n) is 4.10. The van der Waals surface area contributed by atoms with Crippen LogP contribution in [0.4, 0.5) is 4.79 Å². The number of furan rings is 1. The fourth-order valence-electron chi connectivity index (χ4n) is 2.64. The highest BCUT2D eigenvalue weighted by Gasteiger charge is 2.34. The van der Waals surface area contributed by atoms with Gasteiger partial charge in [0.25, 0.3) is 5.91 Å². The second kappa shape index (κ2) is 7.36. The molecule has 27 heavy (non-hydrogen) atoms. The Bertz CT molecular complexity index is 943. The molecule has 140 valence electrons. The van der Waals surface area contributed by atoms with Gasteiger partial charge in [-0.25, -0.2) is 9.59 Å². The molecule has 1 aromatic carbocycles. The first-order chi connectivity index (χ1) is 12.9. The van der Waals surface area contributed by atoms with Gasteiger partial charge in [-0.3, -0.25) is 9.69 Å². The van der Waals surface area contributed by atoms with Gasteiger partial charge in [0.15, 0.2) is 0 Å². The summed E-state index contributed by atoms with van der Waals surface area (Å²) in [7, 11) is 2.81. The second-order valence-corrected chi connectivity index (χ2v) is 5.86. The maximum atomic E-state index is 12.6. The van der Waals surface area contributed by atoms with Crippen molar-refractivity contribution in [2.45, 2.75) is 13.5 Å². The summed E-state index contributed by atoms with van der Waals surface area (Å²) in [6.45, 7) is 1.78. The second-order valence-electron chi connectivity index (χ2n) is 5.86. The van der Waals surface area contributed by atoms with Crippen molar-refractivity contribution < 1.29 is 28.3 Å². The van der Waals surface area contributed by atoms with Crippen molar-refractivity contribution in [3.63, 3.8) is 0 Å². The van der Waals surface area contributed by atoms with Gasteiger partial charge in [-0.2, -0.15) is 0 Å². The normalized spacial score (nSPS) is 15.2. The van der Waals surface area contributed by atoms with E-state index in [1.807, 2.05) is 13.0 Å². The van der Waals surface area contributed by atoms with E-state index in [0.29, 0.717) is 11.5 Å². The number of esters is 1. The fraction of sp³-hybridized carbons (Fsp3) is 0.211. The van der Waals surface area contributed by atoms with Crippen LogP contribution in [0.15, 0.2) is 40.4 Å². The summed E-state index contributed by atoms with van der Waals surface area (Å²) in [5.74, 6) is -0.109. The SMILES string of the molecule is COC(=O)c1ccc(CN2C(=O)NC(=Cc3ccc(OC)cc3C)C2=O)o1. The van der Waals surface area contributed by atoms with E-state index >= 15 is 0 Å². The molecular weight excluding hydrogens is 352 g/mol. The molecule has 0 unspecified atom stereocenters. The molecule has 8 nitrogen and oxygen atoms in total. The number of ether oxygens (including phenoxy) is 2. The van der Waals surface area contributed by atoms with Crippen LogP contribution in [0.5, 0.6) is 5.75 Å². The number of hydrogen-bond acceptors (Lipinski definition) is 6. The van der Waals surface area contributed by atoms with Gasteiger partial charge in [0.1, 0.15) is 17.2 Å². The van der Waals surface area contributed by atoms with Gasteiger partial charge >= 0.3 is 12.0 Å². The van der Waals surface area contributed by atoms with Crippen molar-refractivity contribution in [1.82, 2.24) is 10.2 Å². The highest BCUT2D eigenvalue weighted by atomic mass is 16.5. The van der Waals surface area contributed by atoms with Crippen molar-refractivity contribution in [1.29, 1.82) is 0 Å². The number of benzene rings is 1. The van der Waals surface area contributed by atoms with Crippen LogP contribution in [-0.4, -0.2) is 37.0 Å². The van der Waals surface area contributed by atoms with Crippen molar-refractivity contribution in [2.75, 3.05) is 14.2 Å². The van der Waals surface area contributed by atoms with Gasteiger partial charge in [-0.1, -0.05) is 6.07 Å². The molecule has 1 N–H and O–H groups in total. The molecule has 0 saturated carbocycles. The number of nitrogens with zero attached hydrogens (tertiary/aromatic N) is 1. The van der Waals surface area contributed by atoms with Gasteiger partial charge in [-0.15, -0.1) is 0 Å². The Morgan fingerprint density at radius 1 is 1.22 bits per heavy atom. The quantitative estimate of drug-likeness (QED) is 0.493. The van der Waals surface area contributed by atoms with Gasteiger partial charge in [-0.05, 0) is 48.4 Å². The van der Waals surface area contributed by atoms with Crippen LogP contribution in [-0.2, 0) is 16.1 Å². The maximum Gasteiger partial charge on any atom is 0.373 e. The Hall–Kier alpha value is -3.55. The molecule has 0 bridgehead atoms. The molecular formula is C19H18N2O6. The van der Waals surface area contributed by atoms with Crippen LogP contribution in [0.25, 0.3) is 6.08 Å². The number of urea groups is 1. The number of aryl methyl sites for hydroxylation is 1. The standard InChI is InChI=1S/C19H18N2O6/c1-11-8-13(25-2)5-4-12(11)9-15-17(22)21(19(24)20-15)10-14-6-7-16(27-14)18(23)26-3/h4-9H,10H2,1-3H3,(H,20,24). The summed E-state index contributed by atoms with van der Waals surface area (Å²) < 4.78 is 15.0. The highest BCUT2D eigenvalue weighted by molar-refractivity contribution is 6.13. The smallest absolute Gasteiger partial charge is 0.373 e. The van der Waals surface area contributed by atoms with Crippen LogP contribution in [0, 0.1) is 6.92 Å². The van der Waals surface area contributed by atoms with E-state index in [-0.39, 0.29) is 18.0 Å². The monoisotopic (exact) mass is 370 g/mol. The predicted molar refractivity (Wildman–Crippen MR) is 94.8 cm³/mol. The average Bonchev–Trinajstić information content (AvgIpc) is 3.23. The van der Waals surface area contributed by atoms with Gasteiger partial charge in [0.05, 0.1) is 20.8 Å². The Balaban J connectivity index is 1.79. The van der Waals surface area contributed by atoms with Crippen molar-refractivity contribution >= 4 is 24.0 Å². The number of hydrogen-bond donors (Lipinski definition) is 1.